The van der Waals surface area contributed by atoms with Crippen molar-refractivity contribution in [3.05, 3.63) is 0 Å². The topological polar surface area (TPSA) is 70.6 Å². The molecule has 1 unspecified atom stereocenters. The lowest BCUT2D eigenvalue weighted by molar-refractivity contribution is 0.188. The standard InChI is InChI=1S/C8H16N2O3/c11-4-1-3-9-8(12)10-7-2-5-13-6-7/h7,11H,1-6H2,(H2,9,10,12). The van der Waals surface area contributed by atoms with E-state index >= 15 is 0 Å². The van der Waals surface area contributed by atoms with Crippen LogP contribution in [0.15, 0.2) is 0 Å². The van der Waals surface area contributed by atoms with Crippen LogP contribution in [-0.4, -0.2) is 43.5 Å². The van der Waals surface area contributed by atoms with Crippen LogP contribution >= 0.6 is 0 Å². The molecule has 0 bridgehead atoms. The van der Waals surface area contributed by atoms with Crippen molar-refractivity contribution in [2.45, 2.75) is 18.9 Å². The highest BCUT2D eigenvalue weighted by atomic mass is 16.5. The van der Waals surface area contributed by atoms with Crippen molar-refractivity contribution in [3.63, 3.8) is 0 Å². The molecule has 5 heteroatoms. The van der Waals surface area contributed by atoms with Gasteiger partial charge in [0.25, 0.3) is 0 Å². The van der Waals surface area contributed by atoms with Crippen LogP contribution in [0.3, 0.4) is 0 Å². The summed E-state index contributed by atoms with van der Waals surface area (Å²) in [6, 6.07) is -0.0296. The highest BCUT2D eigenvalue weighted by molar-refractivity contribution is 5.74. The molecular formula is C8H16N2O3. The highest BCUT2D eigenvalue weighted by Crippen LogP contribution is 2.02. The van der Waals surface area contributed by atoms with E-state index in [1.807, 2.05) is 0 Å². The summed E-state index contributed by atoms with van der Waals surface area (Å²) in [4.78, 5) is 11.1. The van der Waals surface area contributed by atoms with Gasteiger partial charge in [-0.2, -0.15) is 0 Å². The summed E-state index contributed by atoms with van der Waals surface area (Å²) in [7, 11) is 0. The number of carbonyl (C=O) groups excluding carboxylic acids is 1. The lowest BCUT2D eigenvalue weighted by Gasteiger charge is -2.11. The number of rotatable bonds is 4. The Balaban J connectivity index is 2.02. The molecule has 0 spiro atoms. The Morgan fingerprint density at radius 3 is 3.08 bits per heavy atom. The summed E-state index contributed by atoms with van der Waals surface area (Å²) >= 11 is 0. The van der Waals surface area contributed by atoms with Gasteiger partial charge in [0.2, 0.25) is 0 Å². The maximum absolute atomic E-state index is 11.1. The van der Waals surface area contributed by atoms with Gasteiger partial charge in [0, 0.05) is 19.8 Å². The maximum Gasteiger partial charge on any atom is 0.315 e. The van der Waals surface area contributed by atoms with Crippen molar-refractivity contribution in [1.82, 2.24) is 10.6 Å². The van der Waals surface area contributed by atoms with Crippen LogP contribution < -0.4 is 10.6 Å². The smallest absolute Gasteiger partial charge is 0.315 e. The second-order valence-corrected chi connectivity index (χ2v) is 3.04. The fourth-order valence-corrected chi connectivity index (χ4v) is 1.17. The molecule has 0 radical (unpaired) electrons. The summed E-state index contributed by atoms with van der Waals surface area (Å²) in [5.74, 6) is 0. The van der Waals surface area contributed by atoms with Gasteiger partial charge in [-0.1, -0.05) is 0 Å². The van der Waals surface area contributed by atoms with E-state index in [0.29, 0.717) is 19.6 Å². The number of carbonyl (C=O) groups is 1. The second kappa shape index (κ2) is 5.77. The third-order valence-corrected chi connectivity index (χ3v) is 1.89. The minimum atomic E-state index is -0.177. The number of nitrogens with one attached hydrogen (secondary N) is 2. The average Bonchev–Trinajstić information content (AvgIpc) is 2.57. The zero-order valence-corrected chi connectivity index (χ0v) is 7.58. The Bertz CT molecular complexity index is 157. The largest absolute Gasteiger partial charge is 0.396 e. The van der Waals surface area contributed by atoms with Gasteiger partial charge >= 0.3 is 6.03 Å². The lowest BCUT2D eigenvalue weighted by Crippen LogP contribution is -2.42. The van der Waals surface area contributed by atoms with Crippen LogP contribution in [-0.2, 0) is 4.74 Å². The normalized spacial score (nSPS) is 21.5. The molecule has 0 aromatic rings. The molecule has 76 valence electrons. The molecule has 1 saturated heterocycles. The third kappa shape index (κ3) is 4.10. The minimum absolute atomic E-state index is 0.104. The quantitative estimate of drug-likeness (QED) is 0.519. The predicted octanol–water partition coefficient (Wildman–Crippen LogP) is -0.543. The summed E-state index contributed by atoms with van der Waals surface area (Å²) in [5.41, 5.74) is 0. The Morgan fingerprint density at radius 2 is 2.46 bits per heavy atom. The number of aliphatic hydroxyl groups excluding tert-OH is 1. The first kappa shape index (κ1) is 10.3. The zero-order chi connectivity index (χ0) is 9.52. The molecule has 2 amide bonds. The lowest BCUT2D eigenvalue weighted by atomic mass is 10.3. The first-order valence-corrected chi connectivity index (χ1v) is 4.56. The van der Waals surface area contributed by atoms with Crippen molar-refractivity contribution in [1.29, 1.82) is 0 Å². The van der Waals surface area contributed by atoms with Crippen LogP contribution in [0.25, 0.3) is 0 Å². The van der Waals surface area contributed by atoms with E-state index in [4.69, 9.17) is 9.84 Å². The predicted molar refractivity (Wildman–Crippen MR) is 47.5 cm³/mol. The molecule has 1 aliphatic rings. The minimum Gasteiger partial charge on any atom is -0.396 e. The van der Waals surface area contributed by atoms with Gasteiger partial charge in [-0.25, -0.2) is 4.79 Å². The number of hydrogen-bond donors (Lipinski definition) is 3. The highest BCUT2D eigenvalue weighted by Gasteiger charge is 2.16. The van der Waals surface area contributed by atoms with E-state index in [9.17, 15) is 4.79 Å². The van der Waals surface area contributed by atoms with Gasteiger partial charge in [-0.3, -0.25) is 0 Å². The van der Waals surface area contributed by atoms with E-state index in [-0.39, 0.29) is 18.7 Å². The van der Waals surface area contributed by atoms with E-state index in [1.54, 1.807) is 0 Å². The van der Waals surface area contributed by atoms with Gasteiger partial charge < -0.3 is 20.5 Å². The van der Waals surface area contributed by atoms with Crippen molar-refractivity contribution in [3.8, 4) is 0 Å². The van der Waals surface area contributed by atoms with E-state index in [1.165, 1.54) is 0 Å². The molecule has 0 aliphatic carbocycles. The number of hydrogen-bond acceptors (Lipinski definition) is 3. The van der Waals surface area contributed by atoms with Gasteiger partial charge in [-0.15, -0.1) is 0 Å². The van der Waals surface area contributed by atoms with E-state index in [2.05, 4.69) is 10.6 Å². The fourth-order valence-electron chi connectivity index (χ4n) is 1.17. The number of amides is 2. The summed E-state index contributed by atoms with van der Waals surface area (Å²) in [6.07, 6.45) is 1.47. The SMILES string of the molecule is O=C(NCCCO)NC1CCOC1. The van der Waals surface area contributed by atoms with Crippen LogP contribution in [0.1, 0.15) is 12.8 Å². The van der Waals surface area contributed by atoms with Crippen molar-refractivity contribution in [2.75, 3.05) is 26.4 Å². The van der Waals surface area contributed by atoms with Gasteiger partial charge in [0.05, 0.1) is 12.6 Å². The fraction of sp³-hybridized carbons (Fsp3) is 0.875. The molecule has 1 fully saturated rings. The molecule has 0 aromatic carbocycles. The first-order chi connectivity index (χ1) is 6.33. The molecule has 0 saturated carbocycles. The van der Waals surface area contributed by atoms with Crippen molar-refractivity contribution < 1.29 is 14.6 Å². The molecule has 0 aromatic heterocycles. The van der Waals surface area contributed by atoms with Crippen LogP contribution in [0.2, 0.25) is 0 Å². The zero-order valence-electron chi connectivity index (χ0n) is 7.58. The van der Waals surface area contributed by atoms with E-state index < -0.39 is 0 Å². The van der Waals surface area contributed by atoms with Crippen LogP contribution in [0.4, 0.5) is 4.79 Å². The Kier molecular flexibility index (Phi) is 4.56. The molecule has 1 rings (SSSR count). The Morgan fingerprint density at radius 1 is 1.62 bits per heavy atom. The molecule has 1 aliphatic heterocycles. The van der Waals surface area contributed by atoms with Crippen molar-refractivity contribution in [2.24, 2.45) is 0 Å². The number of urea groups is 1. The van der Waals surface area contributed by atoms with Gasteiger partial charge in [0.15, 0.2) is 0 Å². The molecule has 1 atom stereocenters. The second-order valence-electron chi connectivity index (χ2n) is 3.04. The van der Waals surface area contributed by atoms with Gasteiger partial charge in [0.1, 0.15) is 0 Å². The van der Waals surface area contributed by atoms with E-state index in [0.717, 1.165) is 13.0 Å². The summed E-state index contributed by atoms with van der Waals surface area (Å²) in [6.45, 7) is 1.94. The molecule has 1 heterocycles. The summed E-state index contributed by atoms with van der Waals surface area (Å²) in [5, 5.41) is 13.9. The van der Waals surface area contributed by atoms with Crippen molar-refractivity contribution >= 4 is 6.03 Å². The molecule has 13 heavy (non-hydrogen) atoms. The number of ether oxygens (including phenoxy) is 1. The Labute approximate surface area is 77.5 Å². The number of aliphatic hydroxyl groups is 1. The molecule has 5 nitrogen and oxygen atoms in total. The summed E-state index contributed by atoms with van der Waals surface area (Å²) < 4.78 is 5.10. The molecular weight excluding hydrogens is 172 g/mol. The first-order valence-electron chi connectivity index (χ1n) is 4.56. The van der Waals surface area contributed by atoms with Gasteiger partial charge in [-0.05, 0) is 12.8 Å². The Hall–Kier alpha value is -0.810. The molecule has 3 N–H and O–H groups in total. The maximum atomic E-state index is 11.1. The monoisotopic (exact) mass is 188 g/mol. The van der Waals surface area contributed by atoms with Crippen LogP contribution in [0, 0.1) is 0 Å². The average molecular weight is 188 g/mol. The van der Waals surface area contributed by atoms with Crippen LogP contribution in [0.5, 0.6) is 0 Å². The third-order valence-electron chi connectivity index (χ3n) is 1.89.